The maximum atomic E-state index is 12.0. The minimum atomic E-state index is -5.09. The van der Waals surface area contributed by atoms with Crippen LogP contribution in [0.2, 0.25) is 0 Å². The van der Waals surface area contributed by atoms with Gasteiger partial charge in [0.2, 0.25) is 5.95 Å². The van der Waals surface area contributed by atoms with Gasteiger partial charge in [-0.25, -0.2) is 4.98 Å². The smallest absolute Gasteiger partial charge is 0.366 e. The van der Waals surface area contributed by atoms with Crippen molar-refractivity contribution in [3.8, 4) is 0 Å². The van der Waals surface area contributed by atoms with Crippen molar-refractivity contribution in [2.75, 3.05) is 5.73 Å². The van der Waals surface area contributed by atoms with Crippen LogP contribution < -0.4 is 5.73 Å². The molecule has 2 aromatic rings. The molecule has 2 aromatic heterocycles. The molecule has 114 valence electrons. The first-order valence-corrected chi connectivity index (χ1v) is 5.11. The number of halogens is 6. The van der Waals surface area contributed by atoms with E-state index in [4.69, 9.17) is 5.73 Å². The van der Waals surface area contributed by atoms with Gasteiger partial charge in [0.1, 0.15) is 0 Å². The molecule has 0 aliphatic rings. The molecule has 0 spiro atoms. The van der Waals surface area contributed by atoms with E-state index in [1.54, 1.807) is 0 Å². The SMILES string of the molecule is FC(F)(F)c1cccnc1C(F)(F)F.Nc1nccnn1. The van der Waals surface area contributed by atoms with Gasteiger partial charge in [0.15, 0.2) is 5.69 Å². The van der Waals surface area contributed by atoms with Gasteiger partial charge in [-0.3, -0.25) is 4.98 Å². The van der Waals surface area contributed by atoms with E-state index < -0.39 is 23.6 Å². The monoisotopic (exact) mass is 311 g/mol. The molecule has 0 bridgehead atoms. The normalized spacial score (nSPS) is 11.5. The molecule has 0 amide bonds. The highest BCUT2D eigenvalue weighted by Crippen LogP contribution is 2.38. The van der Waals surface area contributed by atoms with Crippen molar-refractivity contribution in [3.63, 3.8) is 0 Å². The molecule has 0 aliphatic carbocycles. The summed E-state index contributed by atoms with van der Waals surface area (Å²) < 4.78 is 72.2. The van der Waals surface area contributed by atoms with Crippen molar-refractivity contribution in [1.82, 2.24) is 20.2 Å². The summed E-state index contributed by atoms with van der Waals surface area (Å²) in [5.74, 6) is 0.211. The number of hydrogen-bond acceptors (Lipinski definition) is 5. The minimum absolute atomic E-state index is 0.211. The number of nitrogen functional groups attached to an aromatic ring is 1. The van der Waals surface area contributed by atoms with E-state index >= 15 is 0 Å². The summed E-state index contributed by atoms with van der Waals surface area (Å²) in [5, 5.41) is 6.84. The van der Waals surface area contributed by atoms with Crippen molar-refractivity contribution in [1.29, 1.82) is 0 Å². The molecular weight excluding hydrogens is 304 g/mol. The number of aromatic nitrogens is 4. The van der Waals surface area contributed by atoms with E-state index in [9.17, 15) is 26.3 Å². The van der Waals surface area contributed by atoms with Crippen LogP contribution in [-0.2, 0) is 12.4 Å². The van der Waals surface area contributed by atoms with E-state index in [2.05, 4.69) is 20.2 Å². The van der Waals surface area contributed by atoms with Gasteiger partial charge in [-0.15, -0.1) is 5.10 Å². The van der Waals surface area contributed by atoms with Crippen LogP contribution >= 0.6 is 0 Å². The van der Waals surface area contributed by atoms with E-state index in [0.717, 1.165) is 6.07 Å². The fourth-order valence-electron chi connectivity index (χ4n) is 1.12. The van der Waals surface area contributed by atoms with Gasteiger partial charge < -0.3 is 5.73 Å². The summed E-state index contributed by atoms with van der Waals surface area (Å²) in [6.07, 6.45) is -6.51. The summed E-state index contributed by atoms with van der Waals surface area (Å²) >= 11 is 0. The summed E-state index contributed by atoms with van der Waals surface area (Å²) in [7, 11) is 0. The fourth-order valence-corrected chi connectivity index (χ4v) is 1.12. The lowest BCUT2D eigenvalue weighted by molar-refractivity contribution is -0.164. The third-order valence-corrected chi connectivity index (χ3v) is 1.88. The number of nitrogens with two attached hydrogens (primary N) is 1. The van der Waals surface area contributed by atoms with Gasteiger partial charge in [0.05, 0.1) is 18.0 Å². The van der Waals surface area contributed by atoms with Gasteiger partial charge in [-0.1, -0.05) is 0 Å². The van der Waals surface area contributed by atoms with Crippen LogP contribution in [0.25, 0.3) is 0 Å². The van der Waals surface area contributed by atoms with E-state index in [1.807, 2.05) is 0 Å². The Morgan fingerprint density at radius 1 is 0.857 bits per heavy atom. The zero-order valence-corrected chi connectivity index (χ0v) is 10.0. The quantitative estimate of drug-likeness (QED) is 0.757. The first-order valence-electron chi connectivity index (χ1n) is 5.11. The van der Waals surface area contributed by atoms with Crippen LogP contribution in [0.5, 0.6) is 0 Å². The lowest BCUT2D eigenvalue weighted by atomic mass is 10.2. The second kappa shape index (κ2) is 6.33. The molecular formula is C10H7F6N5. The molecule has 0 radical (unpaired) electrons. The van der Waals surface area contributed by atoms with Crippen LogP contribution in [-0.4, -0.2) is 20.2 Å². The molecule has 2 heterocycles. The van der Waals surface area contributed by atoms with Crippen LogP contribution in [0.3, 0.4) is 0 Å². The number of alkyl halides is 6. The molecule has 0 unspecified atom stereocenters. The maximum absolute atomic E-state index is 12.0. The Morgan fingerprint density at radius 2 is 1.52 bits per heavy atom. The van der Waals surface area contributed by atoms with Crippen LogP contribution in [0.1, 0.15) is 11.3 Å². The van der Waals surface area contributed by atoms with Gasteiger partial charge in [-0.2, -0.15) is 31.4 Å². The standard InChI is InChI=1S/C7H3F6N.C3H4N4/c8-6(9,10)4-2-1-3-14-5(4)7(11,12)13;4-3-5-1-2-6-7-3/h1-3H;1-2H,(H2,4,5,7). The Balaban J connectivity index is 0.000000262. The van der Waals surface area contributed by atoms with Crippen molar-refractivity contribution in [2.24, 2.45) is 0 Å². The first kappa shape index (κ1) is 16.6. The fraction of sp³-hybridized carbons (Fsp3) is 0.200. The highest BCUT2D eigenvalue weighted by atomic mass is 19.4. The predicted molar refractivity (Wildman–Crippen MR) is 58.5 cm³/mol. The molecule has 2 rings (SSSR count). The third-order valence-electron chi connectivity index (χ3n) is 1.88. The first-order chi connectivity index (χ1) is 9.62. The Kier molecular flexibility index (Phi) is 5.00. The van der Waals surface area contributed by atoms with Gasteiger partial charge in [-0.05, 0) is 12.1 Å². The average molecular weight is 311 g/mol. The van der Waals surface area contributed by atoms with Crippen LogP contribution in [0.4, 0.5) is 32.3 Å². The molecule has 0 aliphatic heterocycles. The Morgan fingerprint density at radius 3 is 1.86 bits per heavy atom. The lowest BCUT2D eigenvalue weighted by Crippen LogP contribution is -2.17. The van der Waals surface area contributed by atoms with Gasteiger partial charge >= 0.3 is 12.4 Å². The predicted octanol–water partition coefficient (Wildman–Crippen LogP) is 2.57. The number of rotatable bonds is 0. The second-order valence-corrected chi connectivity index (χ2v) is 3.40. The van der Waals surface area contributed by atoms with Gasteiger partial charge in [0, 0.05) is 6.20 Å². The summed E-state index contributed by atoms with van der Waals surface area (Å²) in [5.41, 5.74) is 1.39. The molecule has 21 heavy (non-hydrogen) atoms. The second-order valence-electron chi connectivity index (χ2n) is 3.40. The lowest BCUT2D eigenvalue weighted by Gasteiger charge is -2.13. The number of pyridine rings is 1. The van der Waals surface area contributed by atoms with Crippen LogP contribution in [0, 0.1) is 0 Å². The Hall–Kier alpha value is -2.46. The highest BCUT2D eigenvalue weighted by Gasteiger charge is 2.44. The highest BCUT2D eigenvalue weighted by molar-refractivity contribution is 5.25. The van der Waals surface area contributed by atoms with E-state index in [1.165, 1.54) is 12.4 Å². The van der Waals surface area contributed by atoms with Crippen molar-refractivity contribution < 1.29 is 26.3 Å². The van der Waals surface area contributed by atoms with Crippen LogP contribution in [0.15, 0.2) is 30.7 Å². The summed E-state index contributed by atoms with van der Waals surface area (Å²) in [4.78, 5) is 6.25. The molecule has 2 N–H and O–H groups in total. The number of nitrogens with zero attached hydrogens (tertiary/aromatic N) is 4. The number of anilines is 1. The maximum Gasteiger partial charge on any atom is 0.433 e. The van der Waals surface area contributed by atoms with Crippen molar-refractivity contribution >= 4 is 5.95 Å². The average Bonchev–Trinajstić information content (AvgIpc) is 2.38. The minimum Gasteiger partial charge on any atom is -0.366 e. The topological polar surface area (TPSA) is 77.6 Å². The molecule has 0 atom stereocenters. The Bertz CT molecular complexity index is 535. The molecule has 0 aromatic carbocycles. The molecule has 0 fully saturated rings. The molecule has 0 saturated heterocycles. The Labute approximate surface area is 113 Å². The molecule has 0 saturated carbocycles. The van der Waals surface area contributed by atoms with E-state index in [0.29, 0.717) is 12.3 Å². The largest absolute Gasteiger partial charge is 0.433 e. The molecule has 11 heteroatoms. The van der Waals surface area contributed by atoms with Crippen molar-refractivity contribution in [3.05, 3.63) is 42.0 Å². The van der Waals surface area contributed by atoms with Crippen molar-refractivity contribution in [2.45, 2.75) is 12.4 Å². The zero-order chi connectivity index (χ0) is 16.1. The zero-order valence-electron chi connectivity index (χ0n) is 10.0. The third kappa shape index (κ3) is 5.20. The summed E-state index contributed by atoms with van der Waals surface area (Å²) in [6, 6.07) is 1.15. The van der Waals surface area contributed by atoms with Gasteiger partial charge in [0.25, 0.3) is 0 Å². The summed E-state index contributed by atoms with van der Waals surface area (Å²) in [6.45, 7) is 0. The molecule has 5 nitrogen and oxygen atoms in total. The number of hydrogen-bond donors (Lipinski definition) is 1. The van der Waals surface area contributed by atoms with E-state index in [-0.39, 0.29) is 5.95 Å².